The highest BCUT2D eigenvalue weighted by atomic mass is 35.5. The largest absolute Gasteiger partial charge is 0.490 e. The molecule has 2 fully saturated rings. The Hall–Kier alpha value is -3.08. The molecule has 0 aromatic heterocycles. The maximum Gasteiger partial charge on any atom is 0.303 e. The Labute approximate surface area is 276 Å². The van der Waals surface area contributed by atoms with Crippen LogP contribution in [-0.4, -0.2) is 70.1 Å². The summed E-state index contributed by atoms with van der Waals surface area (Å²) in [6.07, 6.45) is 10.3. The monoisotopic (exact) mass is 667 g/mol. The number of sulfonamides is 1. The van der Waals surface area contributed by atoms with E-state index in [0.717, 1.165) is 38.5 Å². The first-order chi connectivity index (χ1) is 22.0. The molecule has 7 rings (SSSR count). The van der Waals surface area contributed by atoms with Crippen molar-refractivity contribution in [2.24, 2.45) is 11.8 Å². The number of carbonyl (C=O) groups excluding carboxylic acids is 2. The molecule has 2 saturated carbocycles. The Kier molecular flexibility index (Phi) is 8.13. The van der Waals surface area contributed by atoms with Crippen LogP contribution in [-0.2, 0) is 36.2 Å². The molecule has 46 heavy (non-hydrogen) atoms. The van der Waals surface area contributed by atoms with Gasteiger partial charge in [-0.05, 0) is 112 Å². The van der Waals surface area contributed by atoms with E-state index >= 15 is 0 Å². The van der Waals surface area contributed by atoms with Crippen molar-refractivity contribution in [3.05, 3.63) is 64.7 Å². The fourth-order valence-electron chi connectivity index (χ4n) is 8.36. The van der Waals surface area contributed by atoms with Gasteiger partial charge in [0.15, 0.2) is 0 Å². The van der Waals surface area contributed by atoms with Crippen LogP contribution < -0.4 is 14.4 Å². The third-order valence-electron chi connectivity index (χ3n) is 11.2. The van der Waals surface area contributed by atoms with Crippen LogP contribution in [0.2, 0.25) is 5.02 Å². The average Bonchev–Trinajstić information content (AvgIpc) is 3.10. The molecular formula is C35H42ClN3O6S. The van der Waals surface area contributed by atoms with E-state index in [-0.39, 0.29) is 34.2 Å². The second kappa shape index (κ2) is 11.9. The van der Waals surface area contributed by atoms with E-state index in [4.69, 9.17) is 21.1 Å². The van der Waals surface area contributed by atoms with E-state index in [0.29, 0.717) is 55.5 Å². The molecule has 2 bridgehead atoms. The SMILES string of the molecule is CC(=O)O[C@@H]1/C=C/CN(C)C2(CCC2)C(=O)NS(=O)(=O)c2ccc3c(c2)N(C[C@@H]2CC[C@H]21)C[C@@]1(CCCc2cc(Cl)ccc21)CO3. The first-order valence-electron chi connectivity index (χ1n) is 16.4. The number of aryl methyl sites for hydroxylation is 1. The predicted octanol–water partition coefficient (Wildman–Crippen LogP) is 5.00. The molecule has 0 saturated heterocycles. The Bertz CT molecular complexity index is 1690. The minimum Gasteiger partial charge on any atom is -0.490 e. The summed E-state index contributed by atoms with van der Waals surface area (Å²) in [5.41, 5.74) is 1.91. The fourth-order valence-corrected chi connectivity index (χ4v) is 9.62. The number of rotatable bonds is 1. The summed E-state index contributed by atoms with van der Waals surface area (Å²) in [6, 6.07) is 11.0. The molecule has 5 aliphatic rings. The molecular weight excluding hydrogens is 626 g/mol. The van der Waals surface area contributed by atoms with Gasteiger partial charge < -0.3 is 14.4 Å². The fraction of sp³-hybridized carbons (Fsp3) is 0.543. The minimum atomic E-state index is -4.16. The molecule has 2 aromatic carbocycles. The van der Waals surface area contributed by atoms with Gasteiger partial charge in [0.05, 0.1) is 17.2 Å². The van der Waals surface area contributed by atoms with Gasteiger partial charge in [-0.2, -0.15) is 0 Å². The summed E-state index contributed by atoms with van der Waals surface area (Å²) in [6.45, 7) is 3.61. The summed E-state index contributed by atoms with van der Waals surface area (Å²) in [7, 11) is -2.32. The smallest absolute Gasteiger partial charge is 0.303 e. The Balaban J connectivity index is 1.32. The third-order valence-corrected chi connectivity index (χ3v) is 12.8. The molecule has 1 amide bonds. The van der Waals surface area contributed by atoms with Crippen molar-refractivity contribution in [3.8, 4) is 5.75 Å². The Morgan fingerprint density at radius 3 is 2.65 bits per heavy atom. The number of nitrogens with zero attached hydrogens (tertiary/aromatic N) is 2. The lowest BCUT2D eigenvalue weighted by molar-refractivity contribution is -0.149. The summed E-state index contributed by atoms with van der Waals surface area (Å²) < 4.78 is 42.5. The number of amides is 1. The number of fused-ring (bicyclic) bond motifs is 4. The van der Waals surface area contributed by atoms with Gasteiger partial charge in [-0.15, -0.1) is 0 Å². The zero-order valence-electron chi connectivity index (χ0n) is 26.5. The van der Waals surface area contributed by atoms with E-state index in [1.165, 1.54) is 24.1 Å². The van der Waals surface area contributed by atoms with Gasteiger partial charge >= 0.3 is 5.97 Å². The number of hydrogen-bond donors (Lipinski definition) is 1. The molecule has 2 heterocycles. The van der Waals surface area contributed by atoms with Crippen LogP contribution in [0.5, 0.6) is 5.75 Å². The number of anilines is 1. The Morgan fingerprint density at radius 1 is 1.11 bits per heavy atom. The second-order valence-electron chi connectivity index (χ2n) is 13.9. The standard InChI is InChI=1S/C35H42ClN3O6S/c1-23(40)45-31-7-4-17-38(2)35(15-5-16-35)33(41)37-46(42,43)27-10-13-32-30(19-27)39(20-25-8-11-28(25)31)21-34(22-44-32)14-3-6-24-18-26(36)9-12-29(24)34/h4,7,9-10,12-13,18-19,25,28,31H,3,5-6,8,11,14-17,20-22H2,1-2H3,(H,37,41)/b7-4+/t25-,28+,31+,34-/m0/s1. The average molecular weight is 668 g/mol. The maximum absolute atomic E-state index is 13.8. The van der Waals surface area contributed by atoms with Crippen molar-refractivity contribution >= 4 is 39.2 Å². The van der Waals surface area contributed by atoms with Crippen molar-refractivity contribution in [2.75, 3.05) is 38.2 Å². The van der Waals surface area contributed by atoms with Gasteiger partial charge in [-0.1, -0.05) is 23.7 Å². The van der Waals surface area contributed by atoms with E-state index in [1.54, 1.807) is 12.1 Å². The quantitative estimate of drug-likeness (QED) is 0.335. The number of likely N-dealkylation sites (N-methyl/N-ethyl adjacent to an activating group) is 1. The minimum absolute atomic E-state index is 0.0343. The van der Waals surface area contributed by atoms with Gasteiger partial charge in [0.2, 0.25) is 0 Å². The van der Waals surface area contributed by atoms with Crippen molar-refractivity contribution in [3.63, 3.8) is 0 Å². The van der Waals surface area contributed by atoms with Crippen molar-refractivity contribution in [1.29, 1.82) is 0 Å². The van der Waals surface area contributed by atoms with E-state index in [2.05, 4.69) is 21.8 Å². The number of ether oxygens (including phenoxy) is 2. The number of nitrogens with one attached hydrogen (secondary N) is 1. The molecule has 2 spiro atoms. The molecule has 9 nitrogen and oxygen atoms in total. The second-order valence-corrected chi connectivity index (χ2v) is 16.1. The molecule has 246 valence electrons. The van der Waals surface area contributed by atoms with Crippen molar-refractivity contribution in [2.45, 2.75) is 80.2 Å². The number of halogens is 1. The predicted molar refractivity (Wildman–Crippen MR) is 176 cm³/mol. The van der Waals surface area contributed by atoms with Crippen LogP contribution in [0.15, 0.2) is 53.4 Å². The molecule has 11 heteroatoms. The highest BCUT2D eigenvalue weighted by Crippen LogP contribution is 2.47. The molecule has 2 aromatic rings. The lowest BCUT2D eigenvalue weighted by Gasteiger charge is -2.47. The van der Waals surface area contributed by atoms with Crippen LogP contribution in [0.1, 0.15) is 63.0 Å². The number of esters is 1. The molecule has 0 unspecified atom stereocenters. The van der Waals surface area contributed by atoms with Crippen LogP contribution >= 0.6 is 11.6 Å². The summed E-state index contributed by atoms with van der Waals surface area (Å²) in [5, 5.41) is 0.715. The normalized spacial score (nSPS) is 30.8. The molecule has 3 aliphatic carbocycles. The van der Waals surface area contributed by atoms with E-state index in [1.807, 2.05) is 30.2 Å². The first kappa shape index (κ1) is 31.5. The summed E-state index contributed by atoms with van der Waals surface area (Å²) in [5.74, 6) is 0.113. The van der Waals surface area contributed by atoms with Crippen molar-refractivity contribution < 1.29 is 27.5 Å². The highest BCUT2D eigenvalue weighted by Gasteiger charge is 2.49. The maximum atomic E-state index is 13.8. The van der Waals surface area contributed by atoms with Gasteiger partial charge in [0, 0.05) is 42.9 Å². The molecule has 2 aliphatic heterocycles. The van der Waals surface area contributed by atoms with Crippen LogP contribution in [0.25, 0.3) is 0 Å². The van der Waals surface area contributed by atoms with E-state index < -0.39 is 21.5 Å². The lowest BCUT2D eigenvalue weighted by Crippen LogP contribution is -2.62. The van der Waals surface area contributed by atoms with Crippen molar-refractivity contribution in [1.82, 2.24) is 9.62 Å². The van der Waals surface area contributed by atoms with Crippen LogP contribution in [0, 0.1) is 11.8 Å². The zero-order chi connectivity index (χ0) is 32.3. The van der Waals surface area contributed by atoms with Gasteiger partial charge in [-0.3, -0.25) is 14.5 Å². The number of benzene rings is 2. The van der Waals surface area contributed by atoms with Gasteiger partial charge in [-0.25, -0.2) is 13.1 Å². The summed E-state index contributed by atoms with van der Waals surface area (Å²) >= 11 is 6.42. The van der Waals surface area contributed by atoms with Crippen LogP contribution in [0.3, 0.4) is 0 Å². The lowest BCUT2D eigenvalue weighted by atomic mass is 9.68. The number of hydrogen-bond acceptors (Lipinski definition) is 8. The third kappa shape index (κ3) is 5.50. The molecule has 0 radical (unpaired) electrons. The first-order valence-corrected chi connectivity index (χ1v) is 18.3. The van der Waals surface area contributed by atoms with Gasteiger partial charge in [0.25, 0.3) is 15.9 Å². The molecule has 4 atom stereocenters. The topological polar surface area (TPSA) is 105 Å². The number of carbonyl (C=O) groups is 2. The molecule has 1 N–H and O–H groups in total. The van der Waals surface area contributed by atoms with Crippen LogP contribution in [0.4, 0.5) is 5.69 Å². The Morgan fingerprint density at radius 2 is 1.93 bits per heavy atom. The van der Waals surface area contributed by atoms with E-state index in [9.17, 15) is 18.0 Å². The summed E-state index contributed by atoms with van der Waals surface area (Å²) in [4.78, 5) is 30.1. The highest BCUT2D eigenvalue weighted by molar-refractivity contribution is 7.90. The zero-order valence-corrected chi connectivity index (χ0v) is 28.0. The van der Waals surface area contributed by atoms with Gasteiger partial charge in [0.1, 0.15) is 17.4 Å².